The van der Waals surface area contributed by atoms with E-state index in [0.717, 1.165) is 22.3 Å². The molecule has 11 heteroatoms. The third kappa shape index (κ3) is 3.97. The Labute approximate surface area is 216 Å². The zero-order valence-corrected chi connectivity index (χ0v) is 20.6. The van der Waals surface area contributed by atoms with Crippen molar-refractivity contribution in [2.45, 2.75) is 18.5 Å². The molecule has 0 saturated carbocycles. The fourth-order valence-electron chi connectivity index (χ4n) is 4.89. The zero-order valence-electron chi connectivity index (χ0n) is 19.9. The number of anilines is 1. The summed E-state index contributed by atoms with van der Waals surface area (Å²) in [4.78, 5) is 6.66. The summed E-state index contributed by atoms with van der Waals surface area (Å²) in [7, 11) is 1.74. The number of rotatable bonds is 4. The van der Waals surface area contributed by atoms with Crippen LogP contribution in [0.15, 0.2) is 61.2 Å². The number of aromatic nitrogens is 7. The van der Waals surface area contributed by atoms with Crippen LogP contribution in [0.3, 0.4) is 0 Å². The summed E-state index contributed by atoms with van der Waals surface area (Å²) in [5.74, 6) is 0.323. The van der Waals surface area contributed by atoms with E-state index in [1.54, 1.807) is 34.7 Å². The van der Waals surface area contributed by atoms with Gasteiger partial charge in [-0.3, -0.25) is 4.98 Å². The first-order valence-corrected chi connectivity index (χ1v) is 12.1. The van der Waals surface area contributed by atoms with Gasteiger partial charge in [-0.15, -0.1) is 15.3 Å². The van der Waals surface area contributed by atoms with Gasteiger partial charge in [0.1, 0.15) is 12.4 Å². The lowest BCUT2D eigenvalue weighted by Gasteiger charge is -2.37. The summed E-state index contributed by atoms with van der Waals surface area (Å²) in [6, 6.07) is 15.2. The third-order valence-corrected chi connectivity index (χ3v) is 7.07. The first kappa shape index (κ1) is 23.1. The Kier molecular flexibility index (Phi) is 5.57. The molecular formula is C26H21ClFN9. The highest BCUT2D eigenvalue weighted by molar-refractivity contribution is 6.30. The zero-order chi connectivity index (χ0) is 25.6. The van der Waals surface area contributed by atoms with Crippen LogP contribution in [0, 0.1) is 11.3 Å². The number of hydrogen-bond acceptors (Lipinski definition) is 7. The van der Waals surface area contributed by atoms with Crippen LogP contribution in [-0.4, -0.2) is 47.7 Å². The maximum absolute atomic E-state index is 15.8. The molecule has 0 spiro atoms. The van der Waals surface area contributed by atoms with Gasteiger partial charge < -0.3 is 9.47 Å². The molecule has 6 rings (SSSR count). The Bertz CT molecular complexity index is 1640. The summed E-state index contributed by atoms with van der Waals surface area (Å²) in [6.07, 6.45) is 5.26. The minimum atomic E-state index is -1.58. The molecule has 1 fully saturated rings. The Balaban J connectivity index is 1.37. The number of fused-ring (bicyclic) bond motifs is 1. The smallest absolute Gasteiger partial charge is 0.173 e. The molecule has 5 aromatic rings. The van der Waals surface area contributed by atoms with Gasteiger partial charge in [0.2, 0.25) is 0 Å². The normalized spacial score (nSPS) is 15.1. The van der Waals surface area contributed by atoms with E-state index in [9.17, 15) is 5.26 Å². The second-order valence-electron chi connectivity index (χ2n) is 9.04. The van der Waals surface area contributed by atoms with Crippen molar-refractivity contribution in [3.8, 4) is 28.6 Å². The molecular weight excluding hydrogens is 493 g/mol. The van der Waals surface area contributed by atoms with Crippen LogP contribution in [0.4, 0.5) is 10.1 Å². The molecule has 37 heavy (non-hydrogen) atoms. The molecule has 0 amide bonds. The van der Waals surface area contributed by atoms with Gasteiger partial charge in [0.05, 0.1) is 39.9 Å². The van der Waals surface area contributed by atoms with Crippen LogP contribution in [0.25, 0.3) is 28.0 Å². The molecule has 1 saturated heterocycles. The van der Waals surface area contributed by atoms with Gasteiger partial charge in [0, 0.05) is 49.8 Å². The number of halogens is 2. The van der Waals surface area contributed by atoms with Crippen molar-refractivity contribution in [3.05, 3.63) is 77.6 Å². The van der Waals surface area contributed by atoms with Crippen molar-refractivity contribution >= 4 is 22.8 Å². The van der Waals surface area contributed by atoms with Crippen molar-refractivity contribution in [1.29, 1.82) is 5.26 Å². The molecule has 5 heterocycles. The largest absolute Gasteiger partial charge is 0.368 e. The van der Waals surface area contributed by atoms with Crippen LogP contribution in [-0.2, 0) is 12.7 Å². The number of benzene rings is 1. The Hall–Kier alpha value is -4.36. The maximum Gasteiger partial charge on any atom is 0.173 e. The first-order chi connectivity index (χ1) is 18.0. The second kappa shape index (κ2) is 8.94. The SMILES string of the molecule is Cn1cnnc1C1(F)CCN(c2c(C#N)ccnc2-c2cnn3nc(-c4ccc(Cl)cc4)ccc23)CC1. The van der Waals surface area contributed by atoms with Gasteiger partial charge in [-0.2, -0.15) is 15.0 Å². The van der Waals surface area contributed by atoms with Crippen LogP contribution in [0.5, 0.6) is 0 Å². The first-order valence-electron chi connectivity index (χ1n) is 11.8. The van der Waals surface area contributed by atoms with Gasteiger partial charge in [0.15, 0.2) is 11.5 Å². The van der Waals surface area contributed by atoms with Crippen molar-refractivity contribution in [2.24, 2.45) is 7.05 Å². The lowest BCUT2D eigenvalue weighted by atomic mass is 9.91. The highest BCUT2D eigenvalue weighted by atomic mass is 35.5. The van der Waals surface area contributed by atoms with E-state index < -0.39 is 5.67 Å². The molecule has 0 N–H and O–H groups in total. The quantitative estimate of drug-likeness (QED) is 0.347. The molecule has 0 bridgehead atoms. The van der Waals surface area contributed by atoms with Gasteiger partial charge in [-0.1, -0.05) is 23.7 Å². The molecule has 1 aliphatic heterocycles. The lowest BCUT2D eigenvalue weighted by molar-refractivity contribution is 0.109. The highest BCUT2D eigenvalue weighted by Crippen LogP contribution is 2.41. The van der Waals surface area contributed by atoms with Crippen LogP contribution in [0.2, 0.25) is 5.02 Å². The fourth-order valence-corrected chi connectivity index (χ4v) is 5.02. The molecule has 0 atom stereocenters. The molecule has 1 aliphatic rings. The van der Waals surface area contributed by atoms with E-state index in [0.29, 0.717) is 40.9 Å². The highest BCUT2D eigenvalue weighted by Gasteiger charge is 2.41. The summed E-state index contributed by atoms with van der Waals surface area (Å²) in [6.45, 7) is 0.795. The number of nitriles is 1. The predicted molar refractivity (Wildman–Crippen MR) is 137 cm³/mol. The average molecular weight is 514 g/mol. The van der Waals surface area contributed by atoms with Gasteiger partial charge >= 0.3 is 0 Å². The minimum absolute atomic E-state index is 0.222. The number of piperidine rings is 1. The Morgan fingerprint density at radius 3 is 2.57 bits per heavy atom. The number of alkyl halides is 1. The van der Waals surface area contributed by atoms with E-state index in [1.165, 1.54) is 6.33 Å². The second-order valence-corrected chi connectivity index (χ2v) is 9.48. The predicted octanol–water partition coefficient (Wildman–Crippen LogP) is 4.58. The van der Waals surface area contributed by atoms with E-state index >= 15 is 4.39 Å². The molecule has 0 radical (unpaired) electrons. The average Bonchev–Trinajstić information content (AvgIpc) is 3.55. The Morgan fingerprint density at radius 2 is 1.86 bits per heavy atom. The number of pyridine rings is 1. The topological polar surface area (TPSA) is 101 Å². The number of aryl methyl sites for hydroxylation is 1. The van der Waals surface area contributed by atoms with Crippen LogP contribution in [0.1, 0.15) is 24.2 Å². The van der Waals surface area contributed by atoms with Crippen molar-refractivity contribution in [1.82, 2.24) is 34.6 Å². The fraction of sp³-hybridized carbons (Fsp3) is 0.231. The maximum atomic E-state index is 15.8. The van der Waals surface area contributed by atoms with Gasteiger partial charge in [-0.05, 0) is 30.3 Å². The molecule has 0 aliphatic carbocycles. The van der Waals surface area contributed by atoms with Crippen molar-refractivity contribution in [2.75, 3.05) is 18.0 Å². The number of nitrogens with zero attached hydrogens (tertiary/aromatic N) is 9. The van der Waals surface area contributed by atoms with Crippen molar-refractivity contribution < 1.29 is 4.39 Å². The molecule has 4 aromatic heterocycles. The van der Waals surface area contributed by atoms with Crippen LogP contribution >= 0.6 is 11.6 Å². The standard InChI is InChI=1S/C26H21ClFN9/c1-35-16-31-33-25(35)26(28)9-12-36(13-10-26)24-18(14-29)8-11-30-23(24)20-15-32-37-22(20)7-6-21(34-37)17-2-4-19(27)5-3-17/h2-8,11,15-16H,9-10,12-13H2,1H3. The van der Waals surface area contributed by atoms with Crippen LogP contribution < -0.4 is 4.90 Å². The molecule has 1 aromatic carbocycles. The van der Waals surface area contributed by atoms with E-state index in [4.69, 9.17) is 11.6 Å². The summed E-state index contributed by atoms with van der Waals surface area (Å²) in [5.41, 5.74) is 3.33. The third-order valence-electron chi connectivity index (χ3n) is 6.81. The summed E-state index contributed by atoms with van der Waals surface area (Å²) < 4.78 is 19.0. The number of hydrogen-bond donors (Lipinski definition) is 0. The van der Waals surface area contributed by atoms with Gasteiger partial charge in [-0.25, -0.2) is 4.39 Å². The van der Waals surface area contributed by atoms with Gasteiger partial charge in [0.25, 0.3) is 0 Å². The summed E-state index contributed by atoms with van der Waals surface area (Å²) in [5, 5.41) is 27.5. The Morgan fingerprint density at radius 1 is 1.08 bits per heavy atom. The molecule has 9 nitrogen and oxygen atoms in total. The molecule has 184 valence electrons. The van der Waals surface area contributed by atoms with Crippen molar-refractivity contribution in [3.63, 3.8) is 0 Å². The molecule has 0 unspecified atom stereocenters. The lowest BCUT2D eigenvalue weighted by Crippen LogP contribution is -2.42. The van der Waals surface area contributed by atoms with E-state index in [-0.39, 0.29) is 12.8 Å². The summed E-state index contributed by atoms with van der Waals surface area (Å²) >= 11 is 6.02. The van der Waals surface area contributed by atoms with E-state index in [2.05, 4.69) is 31.4 Å². The minimum Gasteiger partial charge on any atom is -0.368 e. The monoisotopic (exact) mass is 513 g/mol. The van der Waals surface area contributed by atoms with E-state index in [1.807, 2.05) is 41.3 Å².